The van der Waals surface area contributed by atoms with E-state index in [0.29, 0.717) is 31.2 Å². The molecule has 1 aliphatic rings. The molecule has 112 valence electrons. The van der Waals surface area contributed by atoms with Crippen LogP contribution >= 0.6 is 0 Å². The smallest absolute Gasteiger partial charge is 0.223 e. The lowest BCUT2D eigenvalue weighted by Crippen LogP contribution is -2.34. The van der Waals surface area contributed by atoms with Crippen LogP contribution in [-0.2, 0) is 11.2 Å². The van der Waals surface area contributed by atoms with E-state index in [0.717, 1.165) is 24.1 Å². The summed E-state index contributed by atoms with van der Waals surface area (Å²) in [6, 6.07) is 7.94. The van der Waals surface area contributed by atoms with Crippen LogP contribution in [0.1, 0.15) is 25.7 Å². The average molecular weight is 287 g/mol. The first-order chi connectivity index (χ1) is 10.2. The maximum atomic E-state index is 12.3. The minimum Gasteiger partial charge on any atom is -0.441 e. The van der Waals surface area contributed by atoms with Gasteiger partial charge in [0, 0.05) is 25.4 Å². The van der Waals surface area contributed by atoms with E-state index >= 15 is 0 Å². The largest absolute Gasteiger partial charge is 0.441 e. The summed E-state index contributed by atoms with van der Waals surface area (Å²) in [7, 11) is 0. The fraction of sp³-hybridized carbons (Fsp3) is 0.500. The van der Waals surface area contributed by atoms with Crippen molar-refractivity contribution >= 4 is 17.0 Å². The topological polar surface area (TPSA) is 72.4 Å². The molecule has 2 unspecified atom stereocenters. The Hall–Kier alpha value is -1.88. The number of nitrogens with zero attached hydrogens (tertiary/aromatic N) is 2. The lowest BCUT2D eigenvalue weighted by atomic mass is 10.1. The number of oxazole rings is 1. The van der Waals surface area contributed by atoms with Gasteiger partial charge in [-0.2, -0.15) is 0 Å². The fourth-order valence-corrected chi connectivity index (χ4v) is 3.05. The number of benzene rings is 1. The molecule has 0 aliphatic carbocycles. The molecule has 2 atom stereocenters. The van der Waals surface area contributed by atoms with Crippen molar-refractivity contribution in [3.63, 3.8) is 0 Å². The predicted octanol–water partition coefficient (Wildman–Crippen LogP) is 1.96. The van der Waals surface area contributed by atoms with Gasteiger partial charge in [-0.1, -0.05) is 12.1 Å². The number of para-hydroxylation sites is 2. The van der Waals surface area contributed by atoms with Gasteiger partial charge in [0.2, 0.25) is 5.91 Å². The number of nitrogens with two attached hydrogens (primary N) is 1. The third-order valence-corrected chi connectivity index (χ3v) is 4.21. The third kappa shape index (κ3) is 2.93. The molecule has 1 aromatic heterocycles. The zero-order chi connectivity index (χ0) is 14.8. The molecule has 2 N–H and O–H groups in total. The number of rotatable bonds is 4. The van der Waals surface area contributed by atoms with Crippen molar-refractivity contribution < 1.29 is 9.21 Å². The molecule has 1 aliphatic heterocycles. The van der Waals surface area contributed by atoms with Gasteiger partial charge in [-0.3, -0.25) is 4.79 Å². The molecule has 0 spiro atoms. The summed E-state index contributed by atoms with van der Waals surface area (Å²) >= 11 is 0. The van der Waals surface area contributed by atoms with Crippen molar-refractivity contribution in [2.75, 3.05) is 13.1 Å². The highest BCUT2D eigenvalue weighted by atomic mass is 16.3. The molecular weight excluding hydrogens is 266 g/mol. The Bertz CT molecular complexity index is 604. The highest BCUT2D eigenvalue weighted by Gasteiger charge is 2.31. The van der Waals surface area contributed by atoms with Gasteiger partial charge in [-0.05, 0) is 37.9 Å². The van der Waals surface area contributed by atoms with E-state index in [2.05, 4.69) is 11.9 Å². The lowest BCUT2D eigenvalue weighted by molar-refractivity contribution is -0.131. The van der Waals surface area contributed by atoms with Crippen molar-refractivity contribution in [3.8, 4) is 0 Å². The second kappa shape index (κ2) is 5.85. The van der Waals surface area contributed by atoms with E-state index in [1.54, 1.807) is 0 Å². The van der Waals surface area contributed by atoms with Crippen LogP contribution in [-0.4, -0.2) is 34.9 Å². The molecule has 5 heteroatoms. The zero-order valence-electron chi connectivity index (χ0n) is 12.3. The minimum absolute atomic E-state index is 0.167. The number of likely N-dealkylation sites (tertiary alicyclic amines) is 1. The Labute approximate surface area is 124 Å². The van der Waals surface area contributed by atoms with E-state index < -0.39 is 0 Å². The SMILES string of the molecule is CC1CC(CN)CN1C(=O)CCc1nc2ccccc2o1. The van der Waals surface area contributed by atoms with Crippen LogP contribution in [0.25, 0.3) is 11.1 Å². The van der Waals surface area contributed by atoms with Gasteiger partial charge in [-0.25, -0.2) is 4.98 Å². The van der Waals surface area contributed by atoms with Gasteiger partial charge in [0.15, 0.2) is 11.5 Å². The predicted molar refractivity (Wildman–Crippen MR) is 80.7 cm³/mol. The van der Waals surface area contributed by atoms with Crippen LogP contribution in [0.2, 0.25) is 0 Å². The molecular formula is C16H21N3O2. The Morgan fingerprint density at radius 1 is 1.48 bits per heavy atom. The standard InChI is InChI=1S/C16H21N3O2/c1-11-8-12(9-17)10-19(11)16(20)7-6-15-18-13-4-2-3-5-14(13)21-15/h2-5,11-12H,6-10,17H2,1H3. The molecule has 0 bridgehead atoms. The molecule has 2 aromatic rings. The summed E-state index contributed by atoms with van der Waals surface area (Å²) in [4.78, 5) is 18.7. The average Bonchev–Trinajstić information content (AvgIpc) is 3.07. The maximum absolute atomic E-state index is 12.3. The first kappa shape index (κ1) is 14.1. The van der Waals surface area contributed by atoms with Gasteiger partial charge in [0.1, 0.15) is 5.52 Å². The number of hydrogen-bond acceptors (Lipinski definition) is 4. The molecule has 0 radical (unpaired) electrons. The number of amides is 1. The summed E-state index contributed by atoms with van der Waals surface area (Å²) in [5.41, 5.74) is 7.32. The van der Waals surface area contributed by atoms with Crippen molar-refractivity contribution in [3.05, 3.63) is 30.2 Å². The van der Waals surface area contributed by atoms with Crippen LogP contribution in [0.3, 0.4) is 0 Å². The van der Waals surface area contributed by atoms with Crippen molar-refractivity contribution in [2.24, 2.45) is 11.7 Å². The van der Waals surface area contributed by atoms with Crippen LogP contribution in [0, 0.1) is 5.92 Å². The number of carbonyl (C=O) groups excluding carboxylic acids is 1. The number of carbonyl (C=O) groups is 1. The Morgan fingerprint density at radius 2 is 2.29 bits per heavy atom. The summed E-state index contributed by atoms with van der Waals surface area (Å²) < 4.78 is 5.65. The summed E-state index contributed by atoms with van der Waals surface area (Å²) in [6.45, 7) is 3.52. The van der Waals surface area contributed by atoms with Crippen LogP contribution < -0.4 is 5.73 Å². The molecule has 0 saturated carbocycles. The Kier molecular flexibility index (Phi) is 3.92. The second-order valence-electron chi connectivity index (χ2n) is 5.81. The van der Waals surface area contributed by atoms with E-state index in [9.17, 15) is 4.79 Å². The summed E-state index contributed by atoms with van der Waals surface area (Å²) in [5, 5.41) is 0. The monoisotopic (exact) mass is 287 g/mol. The molecule has 21 heavy (non-hydrogen) atoms. The van der Waals surface area contributed by atoms with E-state index in [4.69, 9.17) is 10.2 Å². The van der Waals surface area contributed by atoms with Gasteiger partial charge < -0.3 is 15.1 Å². The number of hydrogen-bond donors (Lipinski definition) is 1. The highest BCUT2D eigenvalue weighted by molar-refractivity contribution is 5.77. The molecule has 1 amide bonds. The van der Waals surface area contributed by atoms with E-state index in [1.165, 1.54) is 0 Å². The highest BCUT2D eigenvalue weighted by Crippen LogP contribution is 2.23. The van der Waals surface area contributed by atoms with Crippen LogP contribution in [0.15, 0.2) is 28.7 Å². The molecule has 2 heterocycles. The molecule has 1 fully saturated rings. The van der Waals surface area contributed by atoms with Gasteiger partial charge in [-0.15, -0.1) is 0 Å². The number of fused-ring (bicyclic) bond motifs is 1. The Balaban J connectivity index is 1.60. The normalized spacial score (nSPS) is 22.1. The minimum atomic E-state index is 0.167. The second-order valence-corrected chi connectivity index (χ2v) is 5.81. The molecule has 1 aromatic carbocycles. The van der Waals surface area contributed by atoms with E-state index in [1.807, 2.05) is 29.2 Å². The van der Waals surface area contributed by atoms with E-state index in [-0.39, 0.29) is 11.9 Å². The first-order valence-corrected chi connectivity index (χ1v) is 7.51. The fourth-order valence-electron chi connectivity index (χ4n) is 3.05. The van der Waals surface area contributed by atoms with Crippen molar-refractivity contribution in [2.45, 2.75) is 32.2 Å². The summed E-state index contributed by atoms with van der Waals surface area (Å²) in [5.74, 6) is 1.24. The zero-order valence-corrected chi connectivity index (χ0v) is 12.3. The number of aryl methyl sites for hydroxylation is 1. The number of aromatic nitrogens is 1. The van der Waals surface area contributed by atoms with Gasteiger partial charge in [0.05, 0.1) is 0 Å². The molecule has 3 rings (SSSR count). The first-order valence-electron chi connectivity index (χ1n) is 7.51. The molecule has 5 nitrogen and oxygen atoms in total. The van der Waals surface area contributed by atoms with Crippen molar-refractivity contribution in [1.82, 2.24) is 9.88 Å². The summed E-state index contributed by atoms with van der Waals surface area (Å²) in [6.07, 6.45) is 1.99. The maximum Gasteiger partial charge on any atom is 0.223 e. The Morgan fingerprint density at radius 3 is 3.00 bits per heavy atom. The van der Waals surface area contributed by atoms with Gasteiger partial charge in [0.25, 0.3) is 0 Å². The van der Waals surface area contributed by atoms with Crippen LogP contribution in [0.5, 0.6) is 0 Å². The van der Waals surface area contributed by atoms with Gasteiger partial charge >= 0.3 is 0 Å². The van der Waals surface area contributed by atoms with Crippen molar-refractivity contribution in [1.29, 1.82) is 0 Å². The third-order valence-electron chi connectivity index (χ3n) is 4.21. The molecule has 1 saturated heterocycles. The quantitative estimate of drug-likeness (QED) is 0.933. The van der Waals surface area contributed by atoms with Crippen LogP contribution in [0.4, 0.5) is 0 Å². The lowest BCUT2D eigenvalue weighted by Gasteiger charge is -2.21.